The van der Waals surface area contributed by atoms with Gasteiger partial charge in [-0.15, -0.1) is 11.3 Å². The SMILES string of the molecule is CN1C(=O)N=C(N)C12CCCc1sccc12. The Morgan fingerprint density at radius 1 is 1.62 bits per heavy atom. The lowest BCUT2D eigenvalue weighted by Crippen LogP contribution is -2.51. The Balaban J connectivity index is 2.21. The van der Waals surface area contributed by atoms with Crippen LogP contribution >= 0.6 is 11.3 Å². The molecule has 1 spiro atoms. The van der Waals surface area contributed by atoms with Gasteiger partial charge in [-0.25, -0.2) is 4.79 Å². The van der Waals surface area contributed by atoms with E-state index in [1.165, 1.54) is 10.4 Å². The molecule has 1 aromatic rings. The second-order valence-corrected chi connectivity index (χ2v) is 5.31. The van der Waals surface area contributed by atoms with Crippen LogP contribution in [0, 0.1) is 0 Å². The zero-order valence-electron chi connectivity index (χ0n) is 9.06. The number of urea groups is 1. The molecule has 4 nitrogen and oxygen atoms in total. The third-order valence-electron chi connectivity index (χ3n) is 3.63. The van der Waals surface area contributed by atoms with Crippen molar-refractivity contribution in [2.75, 3.05) is 7.05 Å². The number of nitrogens with zero attached hydrogens (tertiary/aromatic N) is 2. The third kappa shape index (κ3) is 0.988. The Hall–Kier alpha value is -1.36. The molecular weight excluding hydrogens is 222 g/mol. The molecule has 1 unspecified atom stereocenters. The van der Waals surface area contributed by atoms with Crippen LogP contribution in [0.15, 0.2) is 16.4 Å². The molecule has 0 bridgehead atoms. The summed E-state index contributed by atoms with van der Waals surface area (Å²) in [4.78, 5) is 18.6. The fourth-order valence-electron chi connectivity index (χ4n) is 2.76. The minimum atomic E-state index is -0.454. The average molecular weight is 235 g/mol. The molecule has 3 rings (SSSR count). The number of fused-ring (bicyclic) bond motifs is 2. The number of carbonyl (C=O) groups excluding carboxylic acids is 1. The highest BCUT2D eigenvalue weighted by Crippen LogP contribution is 2.44. The van der Waals surface area contributed by atoms with Gasteiger partial charge >= 0.3 is 6.03 Å². The number of carbonyl (C=O) groups is 1. The predicted octanol–water partition coefficient (Wildman–Crippen LogP) is 1.70. The second-order valence-electron chi connectivity index (χ2n) is 4.31. The molecule has 5 heteroatoms. The van der Waals surface area contributed by atoms with Crippen molar-refractivity contribution in [1.82, 2.24) is 4.90 Å². The molecule has 2 aliphatic rings. The summed E-state index contributed by atoms with van der Waals surface area (Å²) in [6.07, 6.45) is 3.03. The van der Waals surface area contributed by atoms with Gasteiger partial charge in [0.1, 0.15) is 11.4 Å². The zero-order chi connectivity index (χ0) is 11.3. The van der Waals surface area contributed by atoms with Crippen LogP contribution in [-0.2, 0) is 12.0 Å². The molecule has 0 fully saturated rings. The van der Waals surface area contributed by atoms with Gasteiger partial charge in [-0.2, -0.15) is 4.99 Å². The lowest BCUT2D eigenvalue weighted by molar-refractivity contribution is 0.180. The zero-order valence-corrected chi connectivity index (χ0v) is 9.88. The molecule has 1 aliphatic heterocycles. The summed E-state index contributed by atoms with van der Waals surface area (Å²) in [7, 11) is 1.79. The monoisotopic (exact) mass is 235 g/mol. The van der Waals surface area contributed by atoms with Crippen LogP contribution in [0.1, 0.15) is 23.3 Å². The van der Waals surface area contributed by atoms with Gasteiger partial charge in [0.05, 0.1) is 0 Å². The van der Waals surface area contributed by atoms with Crippen LogP contribution < -0.4 is 5.73 Å². The van der Waals surface area contributed by atoms with E-state index in [0.29, 0.717) is 5.84 Å². The number of hydrogen-bond acceptors (Lipinski definition) is 3. The summed E-state index contributed by atoms with van der Waals surface area (Å²) in [6, 6.07) is 1.85. The molecule has 0 saturated heterocycles. The van der Waals surface area contributed by atoms with Crippen molar-refractivity contribution < 1.29 is 4.79 Å². The fraction of sp³-hybridized carbons (Fsp3) is 0.455. The molecule has 1 atom stereocenters. The van der Waals surface area contributed by atoms with Crippen LogP contribution in [0.5, 0.6) is 0 Å². The van der Waals surface area contributed by atoms with Crippen LogP contribution in [0.4, 0.5) is 4.79 Å². The first kappa shape index (κ1) is 9.84. The summed E-state index contributed by atoms with van der Waals surface area (Å²) >= 11 is 1.74. The standard InChI is InChI=1S/C11H13N3OS/c1-14-10(15)13-9(12)11(14)5-2-3-8-7(11)4-6-16-8/h4,6H,2-3,5H2,1H3,(H2,12,13,15). The first-order valence-corrected chi connectivity index (χ1v) is 6.23. The van der Waals surface area contributed by atoms with E-state index >= 15 is 0 Å². The minimum Gasteiger partial charge on any atom is -0.385 e. The van der Waals surface area contributed by atoms with E-state index in [2.05, 4.69) is 16.4 Å². The number of rotatable bonds is 0. The van der Waals surface area contributed by atoms with Crippen LogP contribution in [0.2, 0.25) is 0 Å². The Kier molecular flexibility index (Phi) is 1.89. The number of hydrogen-bond donors (Lipinski definition) is 1. The molecule has 2 heterocycles. The van der Waals surface area contributed by atoms with Crippen molar-refractivity contribution in [3.63, 3.8) is 0 Å². The maximum atomic E-state index is 11.7. The summed E-state index contributed by atoms with van der Waals surface area (Å²) < 4.78 is 0. The first-order valence-electron chi connectivity index (χ1n) is 5.35. The van der Waals surface area contributed by atoms with Gasteiger partial charge in [-0.3, -0.25) is 0 Å². The Bertz CT molecular complexity index is 493. The predicted molar refractivity (Wildman–Crippen MR) is 63.7 cm³/mol. The van der Waals surface area contributed by atoms with E-state index in [1.807, 2.05) is 0 Å². The van der Waals surface area contributed by atoms with Gasteiger partial charge in [0.2, 0.25) is 0 Å². The number of thiophene rings is 1. The van der Waals surface area contributed by atoms with Crippen molar-refractivity contribution in [3.8, 4) is 0 Å². The molecule has 2 amide bonds. The number of amidine groups is 1. The summed E-state index contributed by atoms with van der Waals surface area (Å²) in [5.41, 5.74) is 6.72. The van der Waals surface area contributed by atoms with Crippen molar-refractivity contribution in [1.29, 1.82) is 0 Å². The normalized spacial score (nSPS) is 28.4. The van der Waals surface area contributed by atoms with Gasteiger partial charge < -0.3 is 10.6 Å². The quantitative estimate of drug-likeness (QED) is 0.744. The highest BCUT2D eigenvalue weighted by Gasteiger charge is 2.50. The van der Waals surface area contributed by atoms with Crippen LogP contribution in [0.25, 0.3) is 0 Å². The Morgan fingerprint density at radius 3 is 3.12 bits per heavy atom. The number of amides is 2. The molecule has 16 heavy (non-hydrogen) atoms. The Labute approximate surface area is 97.8 Å². The average Bonchev–Trinajstić information content (AvgIpc) is 2.81. The van der Waals surface area contributed by atoms with Crippen molar-refractivity contribution >= 4 is 23.2 Å². The molecule has 0 radical (unpaired) electrons. The fourth-order valence-corrected chi connectivity index (χ4v) is 3.76. The number of aryl methyl sites for hydroxylation is 1. The maximum Gasteiger partial charge on any atom is 0.346 e. The number of aliphatic imine (C=N–C) groups is 1. The van der Waals surface area contributed by atoms with Crippen LogP contribution in [-0.4, -0.2) is 23.8 Å². The summed E-state index contributed by atoms with van der Waals surface area (Å²) in [5, 5.41) is 2.07. The van der Waals surface area contributed by atoms with Gasteiger partial charge in [0.15, 0.2) is 0 Å². The molecule has 2 N–H and O–H groups in total. The van der Waals surface area contributed by atoms with Crippen LogP contribution in [0.3, 0.4) is 0 Å². The van der Waals surface area contributed by atoms with E-state index in [0.717, 1.165) is 19.3 Å². The topological polar surface area (TPSA) is 58.7 Å². The Morgan fingerprint density at radius 2 is 2.44 bits per heavy atom. The van der Waals surface area contributed by atoms with Gasteiger partial charge in [-0.05, 0) is 36.3 Å². The molecule has 0 saturated carbocycles. The van der Waals surface area contributed by atoms with E-state index in [-0.39, 0.29) is 6.03 Å². The van der Waals surface area contributed by atoms with E-state index in [9.17, 15) is 4.79 Å². The summed E-state index contributed by atoms with van der Waals surface area (Å²) in [5.74, 6) is 0.458. The van der Waals surface area contributed by atoms with E-state index < -0.39 is 5.54 Å². The third-order valence-corrected chi connectivity index (χ3v) is 4.61. The smallest absolute Gasteiger partial charge is 0.346 e. The molecule has 1 aromatic heterocycles. The maximum absolute atomic E-state index is 11.7. The number of likely N-dealkylation sites (N-methyl/N-ethyl adjacent to an activating group) is 1. The van der Waals surface area contributed by atoms with Gasteiger partial charge in [0.25, 0.3) is 0 Å². The summed E-state index contributed by atoms with van der Waals surface area (Å²) in [6.45, 7) is 0. The molecule has 0 aromatic carbocycles. The van der Waals surface area contributed by atoms with Gasteiger partial charge in [-0.1, -0.05) is 0 Å². The largest absolute Gasteiger partial charge is 0.385 e. The lowest BCUT2D eigenvalue weighted by Gasteiger charge is -2.39. The van der Waals surface area contributed by atoms with Crippen molar-refractivity contribution in [2.45, 2.75) is 24.8 Å². The molecule has 84 valence electrons. The number of nitrogens with two attached hydrogens (primary N) is 1. The van der Waals surface area contributed by atoms with E-state index in [4.69, 9.17) is 5.73 Å². The first-order chi connectivity index (χ1) is 7.66. The highest BCUT2D eigenvalue weighted by molar-refractivity contribution is 7.10. The minimum absolute atomic E-state index is 0.225. The molecular formula is C11H13N3OS. The lowest BCUT2D eigenvalue weighted by atomic mass is 9.79. The molecule has 1 aliphatic carbocycles. The van der Waals surface area contributed by atoms with Gasteiger partial charge in [0, 0.05) is 11.9 Å². The van der Waals surface area contributed by atoms with E-state index in [1.54, 1.807) is 23.3 Å². The second kappa shape index (κ2) is 3.07. The van der Waals surface area contributed by atoms with Crippen molar-refractivity contribution in [3.05, 3.63) is 21.9 Å². The van der Waals surface area contributed by atoms with Crippen molar-refractivity contribution in [2.24, 2.45) is 10.7 Å². The highest BCUT2D eigenvalue weighted by atomic mass is 32.1.